The van der Waals surface area contributed by atoms with Gasteiger partial charge in [-0.1, -0.05) is 0 Å². The second kappa shape index (κ2) is 4.84. The molecule has 1 aromatic carbocycles. The summed E-state index contributed by atoms with van der Waals surface area (Å²) in [5.74, 6) is 0. The van der Waals surface area contributed by atoms with E-state index in [4.69, 9.17) is 0 Å². The molecule has 0 saturated carbocycles. The third-order valence-electron chi connectivity index (χ3n) is 2.71. The average Bonchev–Trinajstić information content (AvgIpc) is 2.63. The van der Waals surface area contributed by atoms with Crippen molar-refractivity contribution < 1.29 is 0 Å². The normalized spacial score (nSPS) is 11.8. The van der Waals surface area contributed by atoms with Crippen molar-refractivity contribution in [2.24, 2.45) is 5.41 Å². The Kier molecular flexibility index (Phi) is 3.61. The quantitative estimate of drug-likeness (QED) is 0.723. The minimum atomic E-state index is 0.371. The maximum absolute atomic E-state index is 2.29. The molecule has 0 spiro atoms. The summed E-state index contributed by atoms with van der Waals surface area (Å²) in [5, 5.41) is 0. The molecule has 1 heteroatoms. The van der Waals surface area contributed by atoms with Crippen molar-refractivity contribution in [2.45, 2.75) is 34.1 Å². The van der Waals surface area contributed by atoms with E-state index in [1.54, 1.807) is 0 Å². The third kappa shape index (κ3) is 3.59. The summed E-state index contributed by atoms with van der Waals surface area (Å²) in [5.41, 5.74) is 3.21. The van der Waals surface area contributed by atoms with Gasteiger partial charge < -0.3 is 0 Å². The summed E-state index contributed by atoms with van der Waals surface area (Å²) in [6.45, 7) is 9.09. The van der Waals surface area contributed by atoms with Crippen LogP contribution in [0.1, 0.15) is 30.8 Å². The number of hydrogen-bond acceptors (Lipinski definition) is 0. The molecule has 0 atom stereocenters. The molecule has 0 unspecified atom stereocenters. The van der Waals surface area contributed by atoms with Gasteiger partial charge >= 0.3 is 110 Å². The van der Waals surface area contributed by atoms with Crippen molar-refractivity contribution in [1.29, 1.82) is 0 Å². The Bertz CT molecular complexity index is 483. The zero-order chi connectivity index (χ0) is 12.5. The molecule has 0 aliphatic rings. The first kappa shape index (κ1) is 12.7. The molecule has 2 rings (SSSR count). The summed E-state index contributed by atoms with van der Waals surface area (Å²) < 4.78 is 3.03. The SMILES string of the molecule is Cc1ccc(-c2ccc(CC(C)(C)C)cc2)[se]1. The van der Waals surface area contributed by atoms with Crippen LogP contribution < -0.4 is 0 Å². The predicted octanol–water partition coefficient (Wildman–Crippen LogP) is 4.31. The van der Waals surface area contributed by atoms with Gasteiger partial charge in [-0.3, -0.25) is 0 Å². The molecular weight excluding hydrogens is 271 g/mol. The zero-order valence-electron chi connectivity index (χ0n) is 11.1. The average molecular weight is 291 g/mol. The van der Waals surface area contributed by atoms with Crippen LogP contribution in [0.15, 0.2) is 36.4 Å². The molecule has 0 amide bonds. The summed E-state index contributed by atoms with van der Waals surface area (Å²) in [7, 11) is 0. The number of benzene rings is 1. The molecule has 0 N–H and O–H groups in total. The Morgan fingerprint density at radius 3 is 2.06 bits per heavy atom. The zero-order valence-corrected chi connectivity index (χ0v) is 12.8. The first-order chi connectivity index (χ1) is 7.94. The van der Waals surface area contributed by atoms with E-state index in [1.807, 2.05) is 0 Å². The Morgan fingerprint density at radius 1 is 0.941 bits per heavy atom. The van der Waals surface area contributed by atoms with Gasteiger partial charge in [0.1, 0.15) is 0 Å². The van der Waals surface area contributed by atoms with Crippen LogP contribution >= 0.6 is 0 Å². The first-order valence-corrected chi connectivity index (χ1v) is 7.81. The van der Waals surface area contributed by atoms with Crippen LogP contribution in [-0.2, 0) is 6.42 Å². The monoisotopic (exact) mass is 292 g/mol. The van der Waals surface area contributed by atoms with E-state index >= 15 is 0 Å². The molecule has 0 aliphatic carbocycles. The van der Waals surface area contributed by atoms with Gasteiger partial charge in [0.15, 0.2) is 0 Å². The second-order valence-electron chi connectivity index (χ2n) is 5.84. The Morgan fingerprint density at radius 2 is 1.59 bits per heavy atom. The van der Waals surface area contributed by atoms with Gasteiger partial charge in [-0.15, -0.1) is 0 Å². The van der Waals surface area contributed by atoms with Crippen molar-refractivity contribution in [3.05, 3.63) is 46.4 Å². The van der Waals surface area contributed by atoms with Crippen LogP contribution in [0.4, 0.5) is 0 Å². The Labute approximate surface area is 110 Å². The van der Waals surface area contributed by atoms with Gasteiger partial charge in [0.05, 0.1) is 0 Å². The molecular formula is C16H20Se. The molecule has 1 heterocycles. The fourth-order valence-corrected chi connectivity index (χ4v) is 3.82. The van der Waals surface area contributed by atoms with E-state index in [2.05, 4.69) is 64.1 Å². The fraction of sp³-hybridized carbons (Fsp3) is 0.375. The molecule has 2 aromatic rings. The van der Waals surface area contributed by atoms with Crippen molar-refractivity contribution in [1.82, 2.24) is 0 Å². The molecule has 0 aliphatic heterocycles. The van der Waals surface area contributed by atoms with Crippen LogP contribution in [0, 0.1) is 12.3 Å². The van der Waals surface area contributed by atoms with Gasteiger partial charge in [-0.25, -0.2) is 0 Å². The van der Waals surface area contributed by atoms with Crippen molar-refractivity contribution in [3.8, 4) is 10.0 Å². The van der Waals surface area contributed by atoms with Gasteiger partial charge in [0.2, 0.25) is 0 Å². The summed E-state index contributed by atoms with van der Waals surface area (Å²) in [6.07, 6.45) is 1.15. The van der Waals surface area contributed by atoms with Gasteiger partial charge in [0, 0.05) is 0 Å². The molecule has 0 fully saturated rings. The summed E-state index contributed by atoms with van der Waals surface area (Å²) in [4.78, 5) is 0. The van der Waals surface area contributed by atoms with Crippen LogP contribution in [0.2, 0.25) is 0 Å². The van der Waals surface area contributed by atoms with Crippen molar-refractivity contribution >= 4 is 14.5 Å². The summed E-state index contributed by atoms with van der Waals surface area (Å²) >= 11 is 0.547. The molecule has 0 nitrogen and oxygen atoms in total. The van der Waals surface area contributed by atoms with E-state index in [-0.39, 0.29) is 0 Å². The van der Waals surface area contributed by atoms with E-state index in [1.165, 1.54) is 20.0 Å². The Balaban J connectivity index is 2.19. The van der Waals surface area contributed by atoms with E-state index in [0.717, 1.165) is 6.42 Å². The van der Waals surface area contributed by atoms with E-state index < -0.39 is 0 Å². The molecule has 0 saturated heterocycles. The minimum absolute atomic E-state index is 0.371. The van der Waals surface area contributed by atoms with Gasteiger partial charge in [-0.05, 0) is 0 Å². The van der Waals surface area contributed by atoms with Crippen LogP contribution in [0.5, 0.6) is 0 Å². The van der Waals surface area contributed by atoms with Crippen LogP contribution in [-0.4, -0.2) is 14.5 Å². The van der Waals surface area contributed by atoms with Crippen molar-refractivity contribution in [2.75, 3.05) is 0 Å². The van der Waals surface area contributed by atoms with Gasteiger partial charge in [-0.2, -0.15) is 0 Å². The van der Waals surface area contributed by atoms with Crippen molar-refractivity contribution in [3.63, 3.8) is 0 Å². The van der Waals surface area contributed by atoms with E-state index in [9.17, 15) is 0 Å². The maximum atomic E-state index is 2.29. The number of rotatable bonds is 2. The standard InChI is InChI=1S/C16H20Se/c1-12-5-10-15(17-12)14-8-6-13(7-9-14)11-16(2,3)4/h5-10H,11H2,1-4H3. The molecule has 0 bridgehead atoms. The van der Waals surface area contributed by atoms with E-state index in [0.29, 0.717) is 19.9 Å². The van der Waals surface area contributed by atoms with Crippen LogP contribution in [0.25, 0.3) is 10.0 Å². The number of hydrogen-bond donors (Lipinski definition) is 0. The molecule has 90 valence electrons. The summed E-state index contributed by atoms with van der Waals surface area (Å²) in [6, 6.07) is 13.6. The topological polar surface area (TPSA) is 0 Å². The first-order valence-electron chi connectivity index (χ1n) is 6.10. The third-order valence-corrected chi connectivity index (χ3v) is 4.92. The fourth-order valence-electron chi connectivity index (χ4n) is 1.99. The van der Waals surface area contributed by atoms with Crippen LogP contribution in [0.3, 0.4) is 0 Å². The predicted molar refractivity (Wildman–Crippen MR) is 76.7 cm³/mol. The Hall–Kier alpha value is -0.781. The molecule has 1 aromatic heterocycles. The molecule has 0 radical (unpaired) electrons. The van der Waals surface area contributed by atoms with Gasteiger partial charge in [0.25, 0.3) is 0 Å². The second-order valence-corrected chi connectivity index (χ2v) is 8.55. The molecule has 17 heavy (non-hydrogen) atoms. The number of aryl methyl sites for hydroxylation is 1.